The van der Waals surface area contributed by atoms with Gasteiger partial charge in [-0.3, -0.25) is 19.8 Å². The predicted octanol–water partition coefficient (Wildman–Crippen LogP) is 2.42. The lowest BCUT2D eigenvalue weighted by Crippen LogP contribution is -2.37. The number of hydrogen-bond donors (Lipinski definition) is 1. The highest BCUT2D eigenvalue weighted by atomic mass is 19.4. The van der Waals surface area contributed by atoms with Crippen molar-refractivity contribution >= 4 is 23.6 Å². The first-order chi connectivity index (χ1) is 13.3. The summed E-state index contributed by atoms with van der Waals surface area (Å²) in [6.45, 7) is -0.274. The largest absolute Gasteiger partial charge is 0.447 e. The van der Waals surface area contributed by atoms with Gasteiger partial charge in [0.1, 0.15) is 6.61 Å². The number of anilines is 1. The Morgan fingerprint density at radius 2 is 1.68 bits per heavy atom. The number of amides is 3. The Hall–Kier alpha value is -2.62. The molecule has 4 atom stereocenters. The maximum Gasteiger partial charge on any atom is 0.416 e. The lowest BCUT2D eigenvalue weighted by molar-refractivity contribution is -0.143. The fourth-order valence-corrected chi connectivity index (χ4v) is 4.12. The van der Waals surface area contributed by atoms with Gasteiger partial charge in [-0.2, -0.15) is 13.2 Å². The van der Waals surface area contributed by atoms with Crippen molar-refractivity contribution < 1.29 is 37.0 Å². The van der Waals surface area contributed by atoms with E-state index in [0.717, 1.165) is 42.0 Å². The number of hydrogen-bond acceptors (Lipinski definition) is 5. The highest BCUT2D eigenvalue weighted by Crippen LogP contribution is 2.48. The van der Waals surface area contributed by atoms with E-state index in [0.29, 0.717) is 0 Å². The predicted molar refractivity (Wildman–Crippen MR) is 88.0 cm³/mol. The molecule has 2 bridgehead atoms. The van der Waals surface area contributed by atoms with Crippen LogP contribution >= 0.6 is 0 Å². The molecule has 4 rings (SSSR count). The molecule has 3 saturated heterocycles. The molecule has 0 spiro atoms. The standard InChI is InChI=1S/C18H17F3N2O5/c19-18(20,21)9-1-3-10(4-2-9)22-17(26)27-8-7-23-15(24)13-11-5-6-12(28-11)14(13)16(23)25/h1-4,11-14H,5-8H2,(H,22,26). The molecule has 1 aromatic rings. The van der Waals surface area contributed by atoms with Crippen LogP contribution in [0.15, 0.2) is 24.3 Å². The topological polar surface area (TPSA) is 84.9 Å². The van der Waals surface area contributed by atoms with E-state index < -0.39 is 29.7 Å². The van der Waals surface area contributed by atoms with Gasteiger partial charge in [0.15, 0.2) is 0 Å². The molecule has 0 saturated carbocycles. The van der Waals surface area contributed by atoms with Crippen LogP contribution in [0.25, 0.3) is 0 Å². The molecule has 0 radical (unpaired) electrons. The fraction of sp³-hybridized carbons (Fsp3) is 0.500. The van der Waals surface area contributed by atoms with Gasteiger partial charge in [-0.05, 0) is 37.1 Å². The zero-order chi connectivity index (χ0) is 20.1. The monoisotopic (exact) mass is 398 g/mol. The van der Waals surface area contributed by atoms with Gasteiger partial charge in [-0.25, -0.2) is 4.79 Å². The van der Waals surface area contributed by atoms with Gasteiger partial charge in [0, 0.05) is 5.69 Å². The minimum absolute atomic E-state index is 0.0649. The highest BCUT2D eigenvalue weighted by Gasteiger charge is 2.62. The van der Waals surface area contributed by atoms with E-state index in [9.17, 15) is 27.6 Å². The van der Waals surface area contributed by atoms with Crippen molar-refractivity contribution in [2.24, 2.45) is 11.8 Å². The third-order valence-electron chi connectivity index (χ3n) is 5.38. The van der Waals surface area contributed by atoms with Crippen LogP contribution in [0.4, 0.5) is 23.7 Å². The molecular weight excluding hydrogens is 381 g/mol. The van der Waals surface area contributed by atoms with Crippen LogP contribution in [0.3, 0.4) is 0 Å². The van der Waals surface area contributed by atoms with E-state index in [4.69, 9.17) is 9.47 Å². The van der Waals surface area contributed by atoms with Gasteiger partial charge in [0.2, 0.25) is 11.8 Å². The van der Waals surface area contributed by atoms with Crippen LogP contribution in [0.2, 0.25) is 0 Å². The SMILES string of the molecule is O=C(Nc1ccc(C(F)(F)F)cc1)OCCN1C(=O)C2C3CCC(O3)C2C1=O. The molecule has 1 aromatic carbocycles. The molecule has 150 valence electrons. The summed E-state index contributed by atoms with van der Waals surface area (Å²) in [6.07, 6.45) is -4.23. The summed E-state index contributed by atoms with van der Waals surface area (Å²) in [6, 6.07) is 3.89. The smallest absolute Gasteiger partial charge is 0.416 e. The average molecular weight is 398 g/mol. The maximum atomic E-state index is 12.5. The summed E-state index contributed by atoms with van der Waals surface area (Å²) in [5.74, 6) is -1.47. The molecule has 3 aliphatic rings. The number of carbonyl (C=O) groups is 3. The molecule has 0 aliphatic carbocycles. The normalized spacial score (nSPS) is 28.6. The summed E-state index contributed by atoms with van der Waals surface area (Å²) in [5, 5.41) is 2.30. The van der Waals surface area contributed by atoms with Crippen molar-refractivity contribution in [3.05, 3.63) is 29.8 Å². The first kappa shape index (κ1) is 18.7. The minimum atomic E-state index is -4.46. The first-order valence-corrected chi connectivity index (χ1v) is 8.87. The second kappa shape index (κ2) is 6.77. The maximum absolute atomic E-state index is 12.5. The Labute approximate surface area is 157 Å². The van der Waals surface area contributed by atoms with Crippen molar-refractivity contribution in [3.8, 4) is 0 Å². The number of likely N-dealkylation sites (tertiary alicyclic amines) is 1. The molecular formula is C18H17F3N2O5. The molecule has 4 unspecified atom stereocenters. The summed E-state index contributed by atoms with van der Waals surface area (Å²) in [5.41, 5.74) is -0.699. The Kier molecular flexibility index (Phi) is 4.53. The van der Waals surface area contributed by atoms with E-state index >= 15 is 0 Å². The zero-order valence-electron chi connectivity index (χ0n) is 14.6. The summed E-state index contributed by atoms with van der Waals surface area (Å²) >= 11 is 0. The third-order valence-corrected chi connectivity index (χ3v) is 5.38. The Bertz CT molecular complexity index is 782. The van der Waals surface area contributed by atoms with Crippen LogP contribution < -0.4 is 5.32 Å². The number of ether oxygens (including phenoxy) is 2. The van der Waals surface area contributed by atoms with Gasteiger partial charge in [-0.1, -0.05) is 0 Å². The lowest BCUT2D eigenvalue weighted by Gasteiger charge is -2.17. The Balaban J connectivity index is 1.27. The van der Waals surface area contributed by atoms with Crippen molar-refractivity contribution in [1.29, 1.82) is 0 Å². The average Bonchev–Trinajstić information content (AvgIpc) is 3.31. The molecule has 1 N–H and O–H groups in total. The highest BCUT2D eigenvalue weighted by molar-refractivity contribution is 6.06. The number of nitrogens with one attached hydrogen (secondary N) is 1. The van der Waals surface area contributed by atoms with Crippen LogP contribution in [-0.4, -0.2) is 48.2 Å². The number of imide groups is 1. The Morgan fingerprint density at radius 1 is 1.11 bits per heavy atom. The van der Waals surface area contributed by atoms with Crippen LogP contribution in [0.5, 0.6) is 0 Å². The number of carbonyl (C=O) groups excluding carboxylic acids is 3. The summed E-state index contributed by atoms with van der Waals surface area (Å²) in [7, 11) is 0. The number of nitrogens with zero attached hydrogens (tertiary/aromatic N) is 1. The second-order valence-electron chi connectivity index (χ2n) is 7.01. The van der Waals surface area contributed by atoms with E-state index in [-0.39, 0.29) is 42.9 Å². The lowest BCUT2D eigenvalue weighted by atomic mass is 9.81. The van der Waals surface area contributed by atoms with Crippen molar-refractivity contribution in [1.82, 2.24) is 4.90 Å². The second-order valence-corrected chi connectivity index (χ2v) is 7.01. The van der Waals surface area contributed by atoms with E-state index in [1.165, 1.54) is 0 Å². The minimum Gasteiger partial charge on any atom is -0.447 e. The fourth-order valence-electron chi connectivity index (χ4n) is 4.12. The third kappa shape index (κ3) is 3.21. The molecule has 7 nitrogen and oxygen atoms in total. The van der Waals surface area contributed by atoms with Gasteiger partial charge in [-0.15, -0.1) is 0 Å². The molecule has 3 amide bonds. The number of halogens is 3. The number of benzene rings is 1. The molecule has 3 fully saturated rings. The first-order valence-electron chi connectivity index (χ1n) is 8.87. The molecule has 3 aliphatic heterocycles. The molecule has 28 heavy (non-hydrogen) atoms. The summed E-state index contributed by atoms with van der Waals surface area (Å²) in [4.78, 5) is 37.8. The van der Waals surface area contributed by atoms with Crippen LogP contribution in [0, 0.1) is 11.8 Å². The molecule has 0 aromatic heterocycles. The summed E-state index contributed by atoms with van der Waals surface area (Å²) < 4.78 is 48.1. The number of fused-ring (bicyclic) bond motifs is 5. The molecule has 3 heterocycles. The van der Waals surface area contributed by atoms with Gasteiger partial charge in [0.25, 0.3) is 0 Å². The zero-order valence-corrected chi connectivity index (χ0v) is 14.6. The van der Waals surface area contributed by atoms with E-state index in [2.05, 4.69) is 5.32 Å². The molecule has 10 heteroatoms. The Morgan fingerprint density at radius 3 is 2.21 bits per heavy atom. The van der Waals surface area contributed by atoms with Crippen molar-refractivity contribution in [3.63, 3.8) is 0 Å². The quantitative estimate of drug-likeness (QED) is 0.788. The van der Waals surface area contributed by atoms with E-state index in [1.807, 2.05) is 0 Å². The van der Waals surface area contributed by atoms with E-state index in [1.54, 1.807) is 0 Å². The van der Waals surface area contributed by atoms with Crippen molar-refractivity contribution in [2.75, 3.05) is 18.5 Å². The number of alkyl halides is 3. The van der Waals surface area contributed by atoms with Crippen LogP contribution in [0.1, 0.15) is 18.4 Å². The number of rotatable bonds is 4. The van der Waals surface area contributed by atoms with Gasteiger partial charge in [0.05, 0.1) is 36.2 Å². The van der Waals surface area contributed by atoms with Gasteiger partial charge < -0.3 is 9.47 Å². The van der Waals surface area contributed by atoms with Gasteiger partial charge >= 0.3 is 12.3 Å². The van der Waals surface area contributed by atoms with Crippen LogP contribution in [-0.2, 0) is 25.2 Å². The van der Waals surface area contributed by atoms with Crippen molar-refractivity contribution in [2.45, 2.75) is 31.2 Å².